The summed E-state index contributed by atoms with van der Waals surface area (Å²) in [6.45, 7) is 4.66. The number of hydrogen-bond donors (Lipinski definition) is 1. The molecule has 2 nitrogen and oxygen atoms in total. The van der Waals surface area contributed by atoms with Crippen molar-refractivity contribution in [3.63, 3.8) is 0 Å². The zero-order chi connectivity index (χ0) is 12.0. The summed E-state index contributed by atoms with van der Waals surface area (Å²) in [5.74, 6) is 0.947. The molecule has 3 rings (SSSR count). The Balaban J connectivity index is 2.27. The zero-order valence-electron chi connectivity index (χ0n) is 10.8. The fourth-order valence-electron chi connectivity index (χ4n) is 3.02. The van der Waals surface area contributed by atoms with Crippen LogP contribution in [-0.2, 0) is 11.8 Å². The predicted octanol–water partition coefficient (Wildman–Crippen LogP) is 3.79. The maximum atomic E-state index is 5.32. The monoisotopic (exact) mass is 229 g/mol. The molecule has 0 fully saturated rings. The van der Waals surface area contributed by atoms with Gasteiger partial charge in [0.05, 0.1) is 7.11 Å². The van der Waals surface area contributed by atoms with Crippen LogP contribution in [-0.4, -0.2) is 12.1 Å². The predicted molar refractivity (Wildman–Crippen MR) is 70.8 cm³/mol. The van der Waals surface area contributed by atoms with E-state index in [0.29, 0.717) is 0 Å². The Morgan fingerprint density at radius 3 is 2.88 bits per heavy atom. The zero-order valence-corrected chi connectivity index (χ0v) is 10.8. The van der Waals surface area contributed by atoms with Gasteiger partial charge < -0.3 is 9.72 Å². The van der Waals surface area contributed by atoms with Gasteiger partial charge in [-0.1, -0.05) is 13.8 Å². The van der Waals surface area contributed by atoms with Gasteiger partial charge in [-0.05, 0) is 43.0 Å². The molecule has 1 aromatic heterocycles. The summed E-state index contributed by atoms with van der Waals surface area (Å²) < 4.78 is 5.32. The minimum atomic E-state index is 0.278. The van der Waals surface area contributed by atoms with Crippen LogP contribution < -0.4 is 4.74 Å². The minimum Gasteiger partial charge on any atom is -0.497 e. The highest BCUT2D eigenvalue weighted by Crippen LogP contribution is 2.40. The Labute approximate surface area is 102 Å². The number of nitrogens with one attached hydrogen (secondary N) is 1. The van der Waals surface area contributed by atoms with Gasteiger partial charge in [0.15, 0.2) is 0 Å². The summed E-state index contributed by atoms with van der Waals surface area (Å²) in [7, 11) is 1.73. The largest absolute Gasteiger partial charge is 0.497 e. The van der Waals surface area contributed by atoms with Crippen LogP contribution in [0.2, 0.25) is 0 Å². The molecule has 0 saturated heterocycles. The molecule has 1 heterocycles. The maximum absolute atomic E-state index is 5.32. The maximum Gasteiger partial charge on any atom is 0.119 e. The molecule has 0 bridgehead atoms. The van der Waals surface area contributed by atoms with Crippen molar-refractivity contribution < 1.29 is 4.74 Å². The van der Waals surface area contributed by atoms with Crippen LogP contribution in [0.4, 0.5) is 0 Å². The summed E-state index contributed by atoms with van der Waals surface area (Å²) in [6.07, 6.45) is 3.74. The van der Waals surface area contributed by atoms with Crippen LogP contribution in [0.15, 0.2) is 18.2 Å². The standard InChI is InChI=1S/C15H19NO/c1-15(2)8-4-5-11-12-9-10(17-3)6-7-13(12)16-14(11)15/h6-7,9,16H,4-5,8H2,1-3H3. The molecule has 0 unspecified atom stereocenters. The number of aryl methyl sites for hydroxylation is 1. The second-order valence-corrected chi connectivity index (χ2v) is 5.63. The van der Waals surface area contributed by atoms with E-state index in [1.54, 1.807) is 7.11 Å². The second kappa shape index (κ2) is 3.52. The highest BCUT2D eigenvalue weighted by Gasteiger charge is 2.30. The number of benzene rings is 1. The van der Waals surface area contributed by atoms with Crippen LogP contribution in [0.1, 0.15) is 37.9 Å². The number of H-pyrrole nitrogens is 1. The van der Waals surface area contributed by atoms with E-state index in [-0.39, 0.29) is 5.41 Å². The topological polar surface area (TPSA) is 25.0 Å². The quantitative estimate of drug-likeness (QED) is 0.790. The summed E-state index contributed by atoms with van der Waals surface area (Å²) in [4.78, 5) is 3.60. The molecule has 0 aliphatic heterocycles. The number of hydrogen-bond acceptors (Lipinski definition) is 1. The molecule has 0 amide bonds. The molecule has 17 heavy (non-hydrogen) atoms. The lowest BCUT2D eigenvalue weighted by atomic mass is 9.76. The van der Waals surface area contributed by atoms with Gasteiger partial charge in [0.2, 0.25) is 0 Å². The van der Waals surface area contributed by atoms with Crippen molar-refractivity contribution in [2.75, 3.05) is 7.11 Å². The first-order chi connectivity index (χ1) is 8.12. The van der Waals surface area contributed by atoms with E-state index in [9.17, 15) is 0 Å². The minimum absolute atomic E-state index is 0.278. The summed E-state index contributed by atoms with van der Waals surface area (Å²) in [5, 5.41) is 1.34. The Morgan fingerprint density at radius 1 is 1.29 bits per heavy atom. The van der Waals surface area contributed by atoms with E-state index in [1.165, 1.54) is 41.4 Å². The highest BCUT2D eigenvalue weighted by molar-refractivity contribution is 5.86. The Kier molecular flexibility index (Phi) is 2.22. The van der Waals surface area contributed by atoms with E-state index in [2.05, 4.69) is 31.0 Å². The molecule has 90 valence electrons. The fraction of sp³-hybridized carbons (Fsp3) is 0.467. The fourth-order valence-corrected chi connectivity index (χ4v) is 3.02. The van der Waals surface area contributed by atoms with Crippen molar-refractivity contribution in [3.05, 3.63) is 29.5 Å². The molecule has 2 heteroatoms. The molecule has 0 atom stereocenters. The average molecular weight is 229 g/mol. The summed E-state index contributed by atoms with van der Waals surface area (Å²) in [5.41, 5.74) is 4.44. The van der Waals surface area contributed by atoms with Crippen molar-refractivity contribution in [3.8, 4) is 5.75 Å². The van der Waals surface area contributed by atoms with Crippen molar-refractivity contribution in [2.24, 2.45) is 0 Å². The number of rotatable bonds is 1. The first-order valence-corrected chi connectivity index (χ1v) is 6.31. The first kappa shape index (κ1) is 10.7. The number of ether oxygens (including phenoxy) is 1. The van der Waals surface area contributed by atoms with Crippen LogP contribution in [0.5, 0.6) is 5.75 Å². The van der Waals surface area contributed by atoms with Crippen molar-refractivity contribution >= 4 is 10.9 Å². The van der Waals surface area contributed by atoms with Crippen molar-refractivity contribution in [2.45, 2.75) is 38.5 Å². The van der Waals surface area contributed by atoms with Gasteiger partial charge in [0.25, 0.3) is 0 Å². The van der Waals surface area contributed by atoms with Crippen LogP contribution >= 0.6 is 0 Å². The van der Waals surface area contributed by atoms with Gasteiger partial charge in [-0.3, -0.25) is 0 Å². The van der Waals surface area contributed by atoms with Crippen LogP contribution in [0, 0.1) is 0 Å². The Hall–Kier alpha value is -1.44. The number of fused-ring (bicyclic) bond motifs is 3. The molecular formula is C15H19NO. The normalized spacial score (nSPS) is 18.1. The average Bonchev–Trinajstić information content (AvgIpc) is 2.68. The molecular weight excluding hydrogens is 210 g/mol. The van der Waals surface area contributed by atoms with Gasteiger partial charge >= 0.3 is 0 Å². The molecule has 0 spiro atoms. The van der Waals surface area contributed by atoms with Crippen LogP contribution in [0.25, 0.3) is 10.9 Å². The van der Waals surface area contributed by atoms with Gasteiger partial charge in [0, 0.05) is 22.0 Å². The first-order valence-electron chi connectivity index (χ1n) is 6.31. The lowest BCUT2D eigenvalue weighted by molar-refractivity contribution is 0.415. The second-order valence-electron chi connectivity index (χ2n) is 5.63. The van der Waals surface area contributed by atoms with Gasteiger partial charge in [-0.15, -0.1) is 0 Å². The Morgan fingerprint density at radius 2 is 2.12 bits per heavy atom. The van der Waals surface area contributed by atoms with Crippen molar-refractivity contribution in [1.82, 2.24) is 4.98 Å². The third-order valence-electron chi connectivity index (χ3n) is 4.02. The molecule has 1 aromatic carbocycles. The van der Waals surface area contributed by atoms with Crippen molar-refractivity contribution in [1.29, 1.82) is 0 Å². The van der Waals surface area contributed by atoms with E-state index in [4.69, 9.17) is 4.74 Å². The number of aromatic nitrogens is 1. The SMILES string of the molecule is COc1ccc2[nH]c3c(c2c1)CCCC3(C)C. The van der Waals surface area contributed by atoms with E-state index in [1.807, 2.05) is 6.07 Å². The lowest BCUT2D eigenvalue weighted by Gasteiger charge is -2.29. The smallest absolute Gasteiger partial charge is 0.119 e. The molecule has 1 aliphatic rings. The third-order valence-corrected chi connectivity index (χ3v) is 4.02. The van der Waals surface area contributed by atoms with E-state index < -0.39 is 0 Å². The lowest BCUT2D eigenvalue weighted by Crippen LogP contribution is -2.23. The van der Waals surface area contributed by atoms with Gasteiger partial charge in [-0.2, -0.15) is 0 Å². The highest BCUT2D eigenvalue weighted by atomic mass is 16.5. The third kappa shape index (κ3) is 1.54. The van der Waals surface area contributed by atoms with Crippen LogP contribution in [0.3, 0.4) is 0 Å². The number of methoxy groups -OCH3 is 1. The molecule has 0 radical (unpaired) electrons. The van der Waals surface area contributed by atoms with Gasteiger partial charge in [0.1, 0.15) is 5.75 Å². The molecule has 1 aliphatic carbocycles. The van der Waals surface area contributed by atoms with E-state index >= 15 is 0 Å². The number of aromatic amines is 1. The molecule has 0 saturated carbocycles. The summed E-state index contributed by atoms with van der Waals surface area (Å²) in [6, 6.07) is 6.31. The molecule has 2 aromatic rings. The Bertz CT molecular complexity index is 566. The summed E-state index contributed by atoms with van der Waals surface area (Å²) >= 11 is 0. The van der Waals surface area contributed by atoms with E-state index in [0.717, 1.165) is 5.75 Å². The van der Waals surface area contributed by atoms with Gasteiger partial charge in [-0.25, -0.2) is 0 Å². The molecule has 1 N–H and O–H groups in total.